The van der Waals surface area contributed by atoms with Crippen LogP contribution in [0.5, 0.6) is 0 Å². The van der Waals surface area contributed by atoms with Crippen molar-refractivity contribution >= 4 is 33.0 Å². The molecule has 0 saturated heterocycles. The van der Waals surface area contributed by atoms with Crippen molar-refractivity contribution in [3.8, 4) is 22.0 Å². The number of unbranched alkanes of at least 4 members (excludes halogenated alkanes) is 2. The molecule has 0 aliphatic carbocycles. The van der Waals surface area contributed by atoms with Gasteiger partial charge >= 0.3 is 0 Å². The number of aryl methyl sites for hydroxylation is 1. The fourth-order valence-corrected chi connectivity index (χ4v) is 5.60. The molecule has 2 N–H and O–H groups in total. The van der Waals surface area contributed by atoms with Crippen LogP contribution in [0, 0.1) is 0 Å². The molecule has 0 fully saturated rings. The lowest BCUT2D eigenvalue weighted by Crippen LogP contribution is -2.26. The number of imidazole rings is 1. The number of hydrogen-bond donors (Lipinski definition) is 2. The first-order valence-corrected chi connectivity index (χ1v) is 14.2. The van der Waals surface area contributed by atoms with E-state index < -0.39 is 10.0 Å². The highest BCUT2D eigenvalue weighted by atomic mass is 35.5. The molecule has 0 saturated carbocycles. The van der Waals surface area contributed by atoms with Crippen molar-refractivity contribution < 1.29 is 8.42 Å². The van der Waals surface area contributed by atoms with Gasteiger partial charge in [0.2, 0.25) is 10.0 Å². The van der Waals surface area contributed by atoms with Crippen molar-refractivity contribution in [2.45, 2.75) is 43.9 Å². The number of rotatable bonds is 11. The maximum Gasteiger partial charge on any atom is 0.240 e. The monoisotopic (exact) mass is 513 g/mol. The highest BCUT2D eigenvalue weighted by Gasteiger charge is 2.17. The average molecular weight is 514 g/mol. The van der Waals surface area contributed by atoms with Gasteiger partial charge in [-0.05, 0) is 54.1 Å². The van der Waals surface area contributed by atoms with Crippen LogP contribution in [-0.2, 0) is 22.9 Å². The van der Waals surface area contributed by atoms with Gasteiger partial charge in [-0.15, -0.1) is 11.3 Å². The van der Waals surface area contributed by atoms with Gasteiger partial charge < -0.3 is 4.98 Å². The van der Waals surface area contributed by atoms with Crippen molar-refractivity contribution in [2.75, 3.05) is 6.54 Å². The van der Waals surface area contributed by atoms with Gasteiger partial charge in [0.05, 0.1) is 15.5 Å². The van der Waals surface area contributed by atoms with Crippen molar-refractivity contribution in [3.63, 3.8) is 0 Å². The van der Waals surface area contributed by atoms with Crippen LogP contribution in [0.1, 0.15) is 37.4 Å². The molecule has 0 amide bonds. The number of aromatic nitrogens is 2. The van der Waals surface area contributed by atoms with Crippen LogP contribution in [0.2, 0.25) is 5.02 Å². The lowest BCUT2D eigenvalue weighted by atomic mass is 10.1. The smallest absolute Gasteiger partial charge is 0.240 e. The van der Waals surface area contributed by atoms with Crippen LogP contribution in [0.4, 0.5) is 0 Å². The van der Waals surface area contributed by atoms with E-state index in [-0.39, 0.29) is 11.4 Å². The molecule has 0 atom stereocenters. The number of H-pyrrole nitrogens is 1. The zero-order chi connectivity index (χ0) is 24.0. The molecule has 4 rings (SSSR count). The van der Waals surface area contributed by atoms with Gasteiger partial charge in [0.15, 0.2) is 0 Å². The van der Waals surface area contributed by atoms with E-state index in [0.29, 0.717) is 11.4 Å². The van der Waals surface area contributed by atoms with Crippen LogP contribution in [0.25, 0.3) is 22.0 Å². The van der Waals surface area contributed by atoms with Crippen molar-refractivity contribution in [1.29, 1.82) is 0 Å². The van der Waals surface area contributed by atoms with E-state index in [0.717, 1.165) is 40.5 Å². The summed E-state index contributed by atoms with van der Waals surface area (Å²) >= 11 is 7.66. The highest BCUT2D eigenvalue weighted by molar-refractivity contribution is 7.89. The summed E-state index contributed by atoms with van der Waals surface area (Å²) in [6, 6.07) is 18.7. The molecule has 8 heteroatoms. The molecule has 4 aromatic rings. The van der Waals surface area contributed by atoms with Crippen LogP contribution < -0.4 is 4.72 Å². The third-order valence-corrected chi connectivity index (χ3v) is 8.23. The molecule has 2 heterocycles. The third-order valence-electron chi connectivity index (χ3n) is 5.62. The molecule has 5 nitrogen and oxygen atoms in total. The number of benzene rings is 2. The Bertz CT molecular complexity index is 1300. The topological polar surface area (TPSA) is 74.8 Å². The Hall–Kier alpha value is -2.45. The van der Waals surface area contributed by atoms with Crippen molar-refractivity contribution in [2.24, 2.45) is 0 Å². The van der Waals surface area contributed by atoms with E-state index in [2.05, 4.69) is 16.6 Å². The minimum absolute atomic E-state index is 0.257. The molecule has 2 aromatic heterocycles. The van der Waals surface area contributed by atoms with E-state index in [9.17, 15) is 8.42 Å². The zero-order valence-corrected chi connectivity index (χ0v) is 21.4. The summed E-state index contributed by atoms with van der Waals surface area (Å²) in [5.74, 6) is 0.775. The number of sulfonamides is 1. The van der Waals surface area contributed by atoms with Gasteiger partial charge in [0.25, 0.3) is 0 Å². The van der Waals surface area contributed by atoms with Crippen LogP contribution in [0.15, 0.2) is 70.9 Å². The van der Waals surface area contributed by atoms with Gasteiger partial charge in [-0.3, -0.25) is 0 Å². The van der Waals surface area contributed by atoms with E-state index >= 15 is 0 Å². The van der Waals surface area contributed by atoms with Crippen molar-refractivity contribution in [3.05, 3.63) is 82.3 Å². The first-order valence-electron chi connectivity index (χ1n) is 11.4. The summed E-state index contributed by atoms with van der Waals surface area (Å²) in [6.45, 7) is 2.43. The second-order valence-corrected chi connectivity index (χ2v) is 11.3. The number of nitrogens with zero attached hydrogens (tertiary/aromatic N) is 1. The first kappa shape index (κ1) is 24.7. The van der Waals surface area contributed by atoms with Gasteiger partial charge in [-0.25, -0.2) is 18.1 Å². The normalized spacial score (nSPS) is 11.7. The minimum Gasteiger partial charge on any atom is -0.341 e. The summed E-state index contributed by atoms with van der Waals surface area (Å²) < 4.78 is 28.4. The lowest BCUT2D eigenvalue weighted by Gasteiger charge is -2.08. The second kappa shape index (κ2) is 11.3. The Kier molecular flexibility index (Phi) is 8.21. The fourth-order valence-electron chi connectivity index (χ4n) is 3.77. The second-order valence-electron chi connectivity index (χ2n) is 8.15. The number of nitrogens with one attached hydrogen (secondary N) is 2. The van der Waals surface area contributed by atoms with Crippen LogP contribution in [-0.4, -0.2) is 24.9 Å². The molecule has 34 heavy (non-hydrogen) atoms. The van der Waals surface area contributed by atoms with Gasteiger partial charge in [-0.2, -0.15) is 0 Å². The molecule has 0 aliphatic rings. The molecule has 0 aliphatic heterocycles. The van der Waals surface area contributed by atoms with E-state index in [1.807, 2.05) is 53.9 Å². The number of aromatic amines is 1. The molecule has 0 spiro atoms. The molecule has 178 valence electrons. The standard InChI is InChI=1S/C26H28ClN3O2S2/c1-2-3-4-6-19-8-14-22(15-9-19)34(31,32)28-17-16-23-25(20-10-12-21(27)13-11-20)30-26(29-23)24-7-5-18-33-24/h5,7-15,18,28H,2-4,6,16-17H2,1H3,(H,29,30). The molecular formula is C26H28ClN3O2S2. The summed E-state index contributed by atoms with van der Waals surface area (Å²) in [6.07, 6.45) is 4.92. The third kappa shape index (κ3) is 6.16. The van der Waals surface area contributed by atoms with E-state index in [1.165, 1.54) is 18.4 Å². The van der Waals surface area contributed by atoms with Gasteiger partial charge in [-0.1, -0.05) is 61.7 Å². The SMILES string of the molecule is CCCCCc1ccc(S(=O)(=O)NCCc2[nH]c(-c3cccs3)nc2-c2ccc(Cl)cc2)cc1. The quantitative estimate of drug-likeness (QED) is 0.219. The van der Waals surface area contributed by atoms with Crippen LogP contribution in [0.3, 0.4) is 0 Å². The van der Waals surface area contributed by atoms with E-state index in [1.54, 1.807) is 23.5 Å². The predicted octanol–water partition coefficient (Wildman–Crippen LogP) is 6.71. The number of hydrogen-bond acceptors (Lipinski definition) is 4. The summed E-state index contributed by atoms with van der Waals surface area (Å²) in [5.41, 5.74) is 3.77. The first-order chi connectivity index (χ1) is 16.5. The molecule has 0 radical (unpaired) electrons. The summed E-state index contributed by atoms with van der Waals surface area (Å²) in [4.78, 5) is 9.50. The Balaban J connectivity index is 1.47. The van der Waals surface area contributed by atoms with Crippen molar-refractivity contribution in [1.82, 2.24) is 14.7 Å². The molecule has 2 aromatic carbocycles. The van der Waals surface area contributed by atoms with Gasteiger partial charge in [0.1, 0.15) is 5.82 Å². The summed E-state index contributed by atoms with van der Waals surface area (Å²) in [5, 5.41) is 2.66. The molecule has 0 unspecified atom stereocenters. The lowest BCUT2D eigenvalue weighted by molar-refractivity contribution is 0.581. The Morgan fingerprint density at radius 1 is 1.00 bits per heavy atom. The molecular weight excluding hydrogens is 486 g/mol. The zero-order valence-electron chi connectivity index (χ0n) is 19.1. The van der Waals surface area contributed by atoms with Crippen LogP contribution >= 0.6 is 22.9 Å². The number of halogens is 1. The Morgan fingerprint density at radius 3 is 2.44 bits per heavy atom. The number of thiophene rings is 1. The Morgan fingerprint density at radius 2 is 1.76 bits per heavy atom. The van der Waals surface area contributed by atoms with E-state index in [4.69, 9.17) is 16.6 Å². The average Bonchev–Trinajstić information content (AvgIpc) is 3.50. The molecule has 0 bridgehead atoms. The maximum atomic E-state index is 12.8. The Labute approximate surface area is 210 Å². The maximum absolute atomic E-state index is 12.8. The van der Waals surface area contributed by atoms with Gasteiger partial charge in [0, 0.05) is 29.2 Å². The largest absolute Gasteiger partial charge is 0.341 e. The summed E-state index contributed by atoms with van der Waals surface area (Å²) in [7, 11) is -3.59. The minimum atomic E-state index is -3.59. The predicted molar refractivity (Wildman–Crippen MR) is 141 cm³/mol. The highest BCUT2D eigenvalue weighted by Crippen LogP contribution is 2.29. The fraction of sp³-hybridized carbons (Fsp3) is 0.269.